The van der Waals surface area contributed by atoms with Gasteiger partial charge in [0.05, 0.1) is 11.4 Å². The minimum Gasteiger partial charge on any atom is -0.480 e. The Kier molecular flexibility index (Phi) is 10.6. The van der Waals surface area contributed by atoms with Crippen LogP contribution in [0.1, 0.15) is 49.7 Å². The van der Waals surface area contributed by atoms with Crippen molar-refractivity contribution in [1.82, 2.24) is 14.9 Å². The van der Waals surface area contributed by atoms with E-state index in [1.165, 1.54) is 12.1 Å². The maximum atomic E-state index is 13.1. The first-order chi connectivity index (χ1) is 20.1. The van der Waals surface area contributed by atoms with Crippen LogP contribution in [0.15, 0.2) is 64.5 Å². The van der Waals surface area contributed by atoms with Gasteiger partial charge in [-0.05, 0) is 55.4 Å². The van der Waals surface area contributed by atoms with Crippen LogP contribution in [0.25, 0.3) is 0 Å². The van der Waals surface area contributed by atoms with Crippen molar-refractivity contribution in [3.8, 4) is 0 Å². The van der Waals surface area contributed by atoms with Crippen LogP contribution >= 0.6 is 0 Å². The molecule has 11 nitrogen and oxygen atoms in total. The number of benzene rings is 2. The number of ketones is 1. The first-order valence-electron chi connectivity index (χ1n) is 14.1. The molecule has 12 heteroatoms. The minimum absolute atomic E-state index is 0.0190. The highest BCUT2D eigenvalue weighted by molar-refractivity contribution is 7.89. The van der Waals surface area contributed by atoms with E-state index in [1.807, 2.05) is 0 Å². The van der Waals surface area contributed by atoms with E-state index >= 15 is 0 Å². The van der Waals surface area contributed by atoms with E-state index in [2.05, 4.69) is 15.6 Å². The number of aliphatic carboxylic acids is 1. The summed E-state index contributed by atoms with van der Waals surface area (Å²) >= 11 is 0. The van der Waals surface area contributed by atoms with Crippen LogP contribution in [0.4, 0.5) is 0 Å². The van der Waals surface area contributed by atoms with Crippen molar-refractivity contribution < 1.29 is 32.7 Å². The van der Waals surface area contributed by atoms with Crippen molar-refractivity contribution >= 4 is 39.3 Å². The summed E-state index contributed by atoms with van der Waals surface area (Å²) in [5.41, 5.74) is 2.39. The lowest BCUT2D eigenvalue weighted by Gasteiger charge is -2.25. The summed E-state index contributed by atoms with van der Waals surface area (Å²) in [5, 5.41) is 14.9. The van der Waals surface area contributed by atoms with Crippen LogP contribution in [-0.2, 0) is 42.0 Å². The molecule has 0 aliphatic carbocycles. The molecule has 2 aliphatic heterocycles. The van der Waals surface area contributed by atoms with Crippen LogP contribution in [0.5, 0.6) is 0 Å². The fraction of sp³-hybridized carbons (Fsp3) is 0.433. The second kappa shape index (κ2) is 14.3. The Morgan fingerprint density at radius 3 is 2.38 bits per heavy atom. The highest BCUT2D eigenvalue weighted by Crippen LogP contribution is 2.26. The molecule has 0 radical (unpaired) electrons. The fourth-order valence-corrected chi connectivity index (χ4v) is 6.83. The molecule has 0 spiro atoms. The van der Waals surface area contributed by atoms with Gasteiger partial charge >= 0.3 is 5.97 Å². The number of Topliss-reactive ketones (excluding diaryl/α,β-unsaturated/α-hetero) is 1. The topological polar surface area (TPSA) is 162 Å². The molecule has 0 saturated carbocycles. The van der Waals surface area contributed by atoms with Gasteiger partial charge < -0.3 is 15.7 Å². The third-order valence-electron chi connectivity index (χ3n) is 7.42. The van der Waals surface area contributed by atoms with Gasteiger partial charge in [0.25, 0.3) is 0 Å². The van der Waals surface area contributed by atoms with Crippen molar-refractivity contribution in [2.24, 2.45) is 4.99 Å². The third kappa shape index (κ3) is 8.32. The Balaban J connectivity index is 1.28. The summed E-state index contributed by atoms with van der Waals surface area (Å²) in [5.74, 6) is -2.24. The van der Waals surface area contributed by atoms with Gasteiger partial charge in [0, 0.05) is 38.1 Å². The van der Waals surface area contributed by atoms with Gasteiger partial charge in [-0.3, -0.25) is 19.4 Å². The predicted molar refractivity (Wildman–Crippen MR) is 156 cm³/mol. The number of carboxylic acids is 1. The molecule has 0 unspecified atom stereocenters. The van der Waals surface area contributed by atoms with Crippen molar-refractivity contribution in [2.45, 2.75) is 68.3 Å². The van der Waals surface area contributed by atoms with E-state index in [4.69, 9.17) is 0 Å². The van der Waals surface area contributed by atoms with Gasteiger partial charge in [-0.25, -0.2) is 13.2 Å². The Hall–Kier alpha value is -3.90. The summed E-state index contributed by atoms with van der Waals surface area (Å²) in [6, 6.07) is 12.4. The standard InChI is InChI=1S/C30H36N4O7S/c35-24(20-32-28(36)15-14-23-6-4-16-31-23)18-21-10-12-22(13-11-21)19-26(30(38)39)33-29(37)27-9-5-17-34(27)42(40,41)25-7-2-1-3-8-25/h1-3,7-8,10-13,26-27H,4-6,9,14-20H2,(H,32,36)(H,33,37)(H,38,39)/t26-,27-/m0/s1. The number of hydrogen-bond donors (Lipinski definition) is 3. The molecule has 224 valence electrons. The number of hydrogen-bond acceptors (Lipinski definition) is 7. The zero-order valence-corrected chi connectivity index (χ0v) is 24.1. The number of carboxylic acid groups (broad SMARTS) is 1. The molecule has 2 aliphatic rings. The first-order valence-corrected chi connectivity index (χ1v) is 15.6. The van der Waals surface area contributed by atoms with Gasteiger partial charge in [0.2, 0.25) is 21.8 Å². The number of nitrogens with one attached hydrogen (secondary N) is 2. The van der Waals surface area contributed by atoms with E-state index in [0.29, 0.717) is 36.8 Å². The lowest BCUT2D eigenvalue weighted by atomic mass is 10.0. The van der Waals surface area contributed by atoms with Crippen LogP contribution < -0.4 is 10.6 Å². The molecular weight excluding hydrogens is 560 g/mol. The van der Waals surface area contributed by atoms with Crippen LogP contribution in [0.3, 0.4) is 0 Å². The van der Waals surface area contributed by atoms with Gasteiger partial charge in [-0.15, -0.1) is 0 Å². The Bertz CT molecular complexity index is 1430. The average Bonchev–Trinajstić information content (AvgIpc) is 3.69. The quantitative estimate of drug-likeness (QED) is 0.300. The number of sulfonamides is 1. The maximum absolute atomic E-state index is 13.1. The monoisotopic (exact) mass is 596 g/mol. The zero-order chi connectivity index (χ0) is 30.1. The first kappa shape index (κ1) is 31.0. The van der Waals surface area contributed by atoms with E-state index < -0.39 is 34.0 Å². The summed E-state index contributed by atoms with van der Waals surface area (Å²) in [4.78, 5) is 53.9. The van der Waals surface area contributed by atoms with E-state index in [1.54, 1.807) is 42.5 Å². The van der Waals surface area contributed by atoms with E-state index in [-0.39, 0.29) is 42.5 Å². The van der Waals surface area contributed by atoms with Crippen LogP contribution in [-0.4, -0.2) is 78.8 Å². The highest BCUT2D eigenvalue weighted by Gasteiger charge is 2.40. The molecule has 2 aromatic rings. The number of aliphatic imine (C=N–C) groups is 1. The normalized spacial score (nSPS) is 17.8. The van der Waals surface area contributed by atoms with Crippen molar-refractivity contribution in [3.05, 3.63) is 65.7 Å². The molecule has 2 amide bonds. The van der Waals surface area contributed by atoms with Gasteiger partial charge in [0.1, 0.15) is 12.1 Å². The predicted octanol–water partition coefficient (Wildman–Crippen LogP) is 1.89. The van der Waals surface area contributed by atoms with Crippen LogP contribution in [0.2, 0.25) is 0 Å². The lowest BCUT2D eigenvalue weighted by Crippen LogP contribution is -2.51. The highest BCUT2D eigenvalue weighted by atomic mass is 32.2. The summed E-state index contributed by atoms with van der Waals surface area (Å²) in [6.45, 7) is 0.922. The Labute approximate surface area is 245 Å². The molecule has 2 atom stereocenters. The van der Waals surface area contributed by atoms with Crippen LogP contribution in [0, 0.1) is 0 Å². The maximum Gasteiger partial charge on any atom is 0.326 e. The van der Waals surface area contributed by atoms with Crippen molar-refractivity contribution in [3.63, 3.8) is 0 Å². The third-order valence-corrected chi connectivity index (χ3v) is 9.34. The molecule has 3 N–H and O–H groups in total. The van der Waals surface area contributed by atoms with Gasteiger partial charge in [0.15, 0.2) is 5.78 Å². The number of nitrogens with zero attached hydrogens (tertiary/aromatic N) is 2. The van der Waals surface area contributed by atoms with E-state index in [9.17, 15) is 32.7 Å². The lowest BCUT2D eigenvalue weighted by molar-refractivity contribution is -0.142. The minimum atomic E-state index is -3.91. The Morgan fingerprint density at radius 2 is 1.71 bits per heavy atom. The number of carbonyl (C=O) groups excluding carboxylic acids is 3. The molecule has 0 aromatic heterocycles. The molecule has 1 saturated heterocycles. The summed E-state index contributed by atoms with van der Waals surface area (Å²) in [7, 11) is -3.91. The zero-order valence-electron chi connectivity index (χ0n) is 23.3. The molecule has 2 aromatic carbocycles. The fourth-order valence-electron chi connectivity index (χ4n) is 5.15. The molecule has 4 rings (SSSR count). The Morgan fingerprint density at radius 1 is 1.00 bits per heavy atom. The number of carbonyl (C=O) groups is 4. The van der Waals surface area contributed by atoms with Crippen molar-refractivity contribution in [2.75, 3.05) is 19.6 Å². The molecule has 1 fully saturated rings. The van der Waals surface area contributed by atoms with Crippen molar-refractivity contribution in [1.29, 1.82) is 0 Å². The number of rotatable bonds is 14. The number of amides is 2. The smallest absolute Gasteiger partial charge is 0.326 e. The van der Waals surface area contributed by atoms with E-state index in [0.717, 1.165) is 29.4 Å². The molecule has 2 heterocycles. The largest absolute Gasteiger partial charge is 0.480 e. The van der Waals surface area contributed by atoms with Gasteiger partial charge in [-0.2, -0.15) is 4.31 Å². The second-order valence-corrected chi connectivity index (χ2v) is 12.4. The molecule has 42 heavy (non-hydrogen) atoms. The SMILES string of the molecule is O=C(CNC(=O)CCC1=NCCC1)Cc1ccc(C[C@H](NC(=O)[C@@H]2CCCN2S(=O)(=O)c2ccccc2)C(=O)O)cc1. The second-order valence-electron chi connectivity index (χ2n) is 10.6. The molecular formula is C30H36N4O7S. The summed E-state index contributed by atoms with van der Waals surface area (Å²) < 4.78 is 27.3. The van der Waals surface area contributed by atoms with Gasteiger partial charge in [-0.1, -0.05) is 42.5 Å². The summed E-state index contributed by atoms with van der Waals surface area (Å²) in [6.07, 6.45) is 3.76. The average molecular weight is 597 g/mol. The molecule has 0 bridgehead atoms.